The molecular weight excluding hydrogens is 308 g/mol. The van der Waals surface area contributed by atoms with Crippen molar-refractivity contribution in [3.8, 4) is 0 Å². The van der Waals surface area contributed by atoms with Crippen LogP contribution < -0.4 is 5.32 Å². The SMILES string of the molecule is O=C(NCc1ccccc1)[C@@H]1CS[C@@H]2c3ccccc3C(=O)N21. The lowest BCUT2D eigenvalue weighted by atomic mass is 10.1. The number of carbonyl (C=O) groups excluding carboxylic acids is 2. The molecule has 23 heavy (non-hydrogen) atoms. The fourth-order valence-corrected chi connectivity index (χ4v) is 4.61. The van der Waals surface area contributed by atoms with E-state index in [4.69, 9.17) is 0 Å². The third kappa shape index (κ3) is 2.41. The van der Waals surface area contributed by atoms with Crippen molar-refractivity contribution in [3.63, 3.8) is 0 Å². The van der Waals surface area contributed by atoms with Crippen LogP contribution in [-0.4, -0.2) is 28.5 Å². The van der Waals surface area contributed by atoms with Gasteiger partial charge >= 0.3 is 0 Å². The summed E-state index contributed by atoms with van der Waals surface area (Å²) in [5.41, 5.74) is 2.81. The average Bonchev–Trinajstić information content (AvgIpc) is 3.15. The molecule has 0 saturated carbocycles. The molecule has 2 aliphatic rings. The van der Waals surface area contributed by atoms with E-state index in [0.29, 0.717) is 12.3 Å². The molecule has 2 amide bonds. The van der Waals surface area contributed by atoms with Gasteiger partial charge in [-0.15, -0.1) is 11.8 Å². The molecule has 1 N–H and O–H groups in total. The van der Waals surface area contributed by atoms with Crippen LogP contribution in [0.25, 0.3) is 0 Å². The molecule has 0 aromatic heterocycles. The lowest BCUT2D eigenvalue weighted by Crippen LogP contribution is -2.45. The van der Waals surface area contributed by atoms with Gasteiger partial charge in [0.15, 0.2) is 0 Å². The molecule has 2 aliphatic heterocycles. The number of hydrogen-bond acceptors (Lipinski definition) is 3. The Morgan fingerprint density at radius 1 is 1.13 bits per heavy atom. The number of nitrogens with one attached hydrogen (secondary N) is 1. The van der Waals surface area contributed by atoms with E-state index < -0.39 is 6.04 Å². The number of benzene rings is 2. The highest BCUT2D eigenvalue weighted by Gasteiger charge is 2.48. The lowest BCUT2D eigenvalue weighted by molar-refractivity contribution is -0.124. The number of fused-ring (bicyclic) bond motifs is 3. The maximum atomic E-state index is 12.6. The Morgan fingerprint density at radius 3 is 2.70 bits per heavy atom. The Hall–Kier alpha value is -2.27. The van der Waals surface area contributed by atoms with Crippen molar-refractivity contribution < 1.29 is 9.59 Å². The Labute approximate surface area is 138 Å². The van der Waals surface area contributed by atoms with E-state index in [2.05, 4.69) is 5.32 Å². The van der Waals surface area contributed by atoms with Gasteiger partial charge in [0, 0.05) is 17.9 Å². The Morgan fingerprint density at radius 2 is 1.87 bits per heavy atom. The van der Waals surface area contributed by atoms with E-state index in [9.17, 15) is 9.59 Å². The molecule has 1 saturated heterocycles. The molecule has 2 aromatic carbocycles. The fourth-order valence-electron chi connectivity index (χ4n) is 3.15. The molecule has 2 aromatic rings. The molecule has 4 rings (SSSR count). The van der Waals surface area contributed by atoms with Gasteiger partial charge in [-0.3, -0.25) is 9.59 Å². The number of nitrogens with zero attached hydrogens (tertiary/aromatic N) is 1. The monoisotopic (exact) mass is 324 g/mol. The van der Waals surface area contributed by atoms with Gasteiger partial charge in [0.1, 0.15) is 11.4 Å². The Kier molecular flexibility index (Phi) is 3.58. The van der Waals surface area contributed by atoms with Crippen molar-refractivity contribution >= 4 is 23.6 Å². The molecule has 4 nitrogen and oxygen atoms in total. The summed E-state index contributed by atoms with van der Waals surface area (Å²) < 4.78 is 0. The van der Waals surface area contributed by atoms with Gasteiger partial charge in [0.05, 0.1) is 0 Å². The normalized spacial score (nSPS) is 21.9. The van der Waals surface area contributed by atoms with Gasteiger partial charge in [-0.05, 0) is 17.2 Å². The zero-order valence-corrected chi connectivity index (χ0v) is 13.3. The van der Waals surface area contributed by atoms with Crippen LogP contribution in [0.2, 0.25) is 0 Å². The molecule has 0 aliphatic carbocycles. The average molecular weight is 324 g/mol. The molecular formula is C18H16N2O2S. The molecule has 116 valence electrons. The maximum Gasteiger partial charge on any atom is 0.256 e. The topological polar surface area (TPSA) is 49.4 Å². The summed E-state index contributed by atoms with van der Waals surface area (Å²) in [5, 5.41) is 2.93. The van der Waals surface area contributed by atoms with Gasteiger partial charge in [0.2, 0.25) is 5.91 Å². The standard InChI is InChI=1S/C18H16N2O2S/c21-16(19-10-12-6-2-1-3-7-12)15-11-23-18-14-9-5-4-8-13(14)17(22)20(15)18/h1-9,15,18H,10-11H2,(H,19,21)/t15-,18+/m0/s1. The van der Waals surface area contributed by atoms with Crippen molar-refractivity contribution in [1.82, 2.24) is 10.2 Å². The number of carbonyl (C=O) groups is 2. The first-order valence-electron chi connectivity index (χ1n) is 7.60. The van der Waals surface area contributed by atoms with E-state index in [-0.39, 0.29) is 17.2 Å². The second-order valence-corrected chi connectivity index (χ2v) is 6.82. The van der Waals surface area contributed by atoms with Gasteiger partial charge in [-0.1, -0.05) is 48.5 Å². The summed E-state index contributed by atoms with van der Waals surface area (Å²) >= 11 is 1.66. The van der Waals surface area contributed by atoms with Crippen LogP contribution in [0.5, 0.6) is 0 Å². The van der Waals surface area contributed by atoms with Crippen molar-refractivity contribution in [2.24, 2.45) is 0 Å². The van der Waals surface area contributed by atoms with Crippen molar-refractivity contribution in [1.29, 1.82) is 0 Å². The van der Waals surface area contributed by atoms with Crippen LogP contribution >= 0.6 is 11.8 Å². The van der Waals surface area contributed by atoms with Crippen molar-refractivity contribution in [2.75, 3.05) is 5.75 Å². The van der Waals surface area contributed by atoms with Crippen LogP contribution in [0.15, 0.2) is 54.6 Å². The molecule has 2 heterocycles. The first-order chi connectivity index (χ1) is 11.3. The van der Waals surface area contributed by atoms with E-state index in [1.165, 1.54) is 0 Å². The molecule has 2 atom stereocenters. The van der Waals surface area contributed by atoms with Gasteiger partial charge < -0.3 is 10.2 Å². The number of hydrogen-bond donors (Lipinski definition) is 1. The smallest absolute Gasteiger partial charge is 0.256 e. The summed E-state index contributed by atoms with van der Waals surface area (Å²) in [4.78, 5) is 26.9. The summed E-state index contributed by atoms with van der Waals surface area (Å²) in [6.07, 6.45) is 0. The van der Waals surface area contributed by atoms with Gasteiger partial charge in [0.25, 0.3) is 5.91 Å². The molecule has 5 heteroatoms. The fraction of sp³-hybridized carbons (Fsp3) is 0.222. The summed E-state index contributed by atoms with van der Waals surface area (Å²) in [6, 6.07) is 17.0. The van der Waals surface area contributed by atoms with Crippen LogP contribution in [0.1, 0.15) is 26.9 Å². The summed E-state index contributed by atoms with van der Waals surface area (Å²) in [5.74, 6) is 0.534. The predicted molar refractivity (Wildman–Crippen MR) is 89.9 cm³/mol. The van der Waals surface area contributed by atoms with E-state index in [1.54, 1.807) is 16.7 Å². The lowest BCUT2D eigenvalue weighted by Gasteiger charge is -2.22. The van der Waals surface area contributed by atoms with Crippen LogP contribution in [-0.2, 0) is 11.3 Å². The first kappa shape index (κ1) is 14.3. The van der Waals surface area contributed by atoms with Crippen molar-refractivity contribution in [2.45, 2.75) is 18.0 Å². The predicted octanol–water partition coefficient (Wildman–Crippen LogP) is 2.57. The minimum absolute atomic E-state index is 0.0221. The Bertz CT molecular complexity index is 763. The molecule has 0 radical (unpaired) electrons. The molecule has 0 bridgehead atoms. The third-order valence-corrected chi connectivity index (χ3v) is 5.61. The minimum atomic E-state index is -0.395. The second-order valence-electron chi connectivity index (χ2n) is 5.70. The summed E-state index contributed by atoms with van der Waals surface area (Å²) in [6.45, 7) is 0.487. The molecule has 1 fully saturated rings. The highest BCUT2D eigenvalue weighted by atomic mass is 32.2. The largest absolute Gasteiger partial charge is 0.350 e. The van der Waals surface area contributed by atoms with E-state index >= 15 is 0 Å². The first-order valence-corrected chi connectivity index (χ1v) is 8.65. The van der Waals surface area contributed by atoms with Crippen LogP contribution in [0.3, 0.4) is 0 Å². The van der Waals surface area contributed by atoms with E-state index in [1.807, 2.05) is 54.6 Å². The van der Waals surface area contributed by atoms with Crippen LogP contribution in [0.4, 0.5) is 0 Å². The highest BCUT2D eigenvalue weighted by molar-refractivity contribution is 7.99. The quantitative estimate of drug-likeness (QED) is 0.944. The summed E-state index contributed by atoms with van der Waals surface area (Å²) in [7, 11) is 0. The second kappa shape index (κ2) is 5.74. The van der Waals surface area contributed by atoms with Gasteiger partial charge in [-0.2, -0.15) is 0 Å². The maximum absolute atomic E-state index is 12.6. The number of rotatable bonds is 3. The zero-order chi connectivity index (χ0) is 15.8. The van der Waals surface area contributed by atoms with Crippen LogP contribution in [0, 0.1) is 0 Å². The minimum Gasteiger partial charge on any atom is -0.350 e. The van der Waals surface area contributed by atoms with Gasteiger partial charge in [-0.25, -0.2) is 0 Å². The van der Waals surface area contributed by atoms with Crippen molar-refractivity contribution in [3.05, 3.63) is 71.3 Å². The third-order valence-electron chi connectivity index (χ3n) is 4.30. The number of amides is 2. The van der Waals surface area contributed by atoms with E-state index in [0.717, 1.165) is 16.7 Å². The highest BCUT2D eigenvalue weighted by Crippen LogP contribution is 2.47. The Balaban J connectivity index is 1.49. The molecule has 0 spiro atoms. The zero-order valence-electron chi connectivity index (χ0n) is 12.4. The molecule has 0 unspecified atom stereocenters. The number of thioether (sulfide) groups is 1.